The van der Waals surface area contributed by atoms with Crippen molar-refractivity contribution in [3.63, 3.8) is 0 Å². The van der Waals surface area contributed by atoms with Gasteiger partial charge in [0, 0.05) is 19.3 Å². The number of hydrogen-bond acceptors (Lipinski definition) is 5. The molecule has 118 valence electrons. The molecule has 2 N–H and O–H groups in total. The van der Waals surface area contributed by atoms with Crippen LogP contribution < -0.4 is 15.5 Å². The predicted molar refractivity (Wildman–Crippen MR) is 91.9 cm³/mol. The Hall–Kier alpha value is -2.15. The Morgan fingerprint density at radius 1 is 1.23 bits per heavy atom. The van der Waals surface area contributed by atoms with Gasteiger partial charge in [-0.1, -0.05) is 42.4 Å². The molecule has 1 aromatic carbocycles. The number of unbranched alkanes of at least 4 members (excludes halogenated alkanes) is 1. The third-order valence-corrected chi connectivity index (χ3v) is 4.07. The molecule has 1 heterocycles. The van der Waals surface area contributed by atoms with Gasteiger partial charge in [-0.2, -0.15) is 0 Å². The van der Waals surface area contributed by atoms with E-state index in [2.05, 4.69) is 27.8 Å². The molecule has 0 radical (unpaired) electrons. The van der Waals surface area contributed by atoms with Gasteiger partial charge in [-0.25, -0.2) is 4.79 Å². The van der Waals surface area contributed by atoms with Crippen molar-refractivity contribution in [3.8, 4) is 0 Å². The van der Waals surface area contributed by atoms with Crippen molar-refractivity contribution in [1.29, 1.82) is 0 Å². The molecule has 6 nitrogen and oxygen atoms in total. The van der Waals surface area contributed by atoms with Crippen LogP contribution in [0.15, 0.2) is 24.3 Å². The van der Waals surface area contributed by atoms with Crippen LogP contribution in [0.25, 0.3) is 0 Å². The molecule has 2 rings (SSSR count). The van der Waals surface area contributed by atoms with Gasteiger partial charge in [0.15, 0.2) is 0 Å². The number of benzene rings is 1. The van der Waals surface area contributed by atoms with E-state index in [0.717, 1.165) is 35.8 Å². The van der Waals surface area contributed by atoms with Crippen molar-refractivity contribution >= 4 is 33.3 Å². The van der Waals surface area contributed by atoms with Gasteiger partial charge < -0.3 is 10.2 Å². The molecule has 2 aromatic rings. The second-order valence-electron chi connectivity index (χ2n) is 5.11. The van der Waals surface area contributed by atoms with Crippen molar-refractivity contribution < 1.29 is 4.79 Å². The molecule has 2 amide bonds. The number of urea groups is 1. The second-order valence-corrected chi connectivity index (χ2v) is 6.07. The number of rotatable bonds is 6. The molecule has 0 bridgehead atoms. The number of amides is 2. The van der Waals surface area contributed by atoms with Crippen molar-refractivity contribution in [2.75, 3.05) is 29.1 Å². The van der Waals surface area contributed by atoms with Crippen LogP contribution in [0, 0.1) is 6.92 Å². The van der Waals surface area contributed by atoms with Crippen molar-refractivity contribution in [3.05, 3.63) is 29.8 Å². The summed E-state index contributed by atoms with van der Waals surface area (Å²) >= 11 is 1.36. The minimum atomic E-state index is -0.317. The van der Waals surface area contributed by atoms with Crippen LogP contribution in [0.2, 0.25) is 0 Å². The molecule has 0 fully saturated rings. The van der Waals surface area contributed by atoms with Gasteiger partial charge in [0.25, 0.3) is 0 Å². The Labute approximate surface area is 134 Å². The maximum Gasteiger partial charge on any atom is 0.325 e. The first-order chi connectivity index (χ1) is 10.6. The zero-order chi connectivity index (χ0) is 15.9. The third kappa shape index (κ3) is 4.70. The van der Waals surface area contributed by atoms with Gasteiger partial charge in [-0.15, -0.1) is 10.2 Å². The van der Waals surface area contributed by atoms with Crippen LogP contribution in [-0.4, -0.2) is 29.8 Å². The van der Waals surface area contributed by atoms with E-state index in [9.17, 15) is 4.79 Å². The van der Waals surface area contributed by atoms with Crippen LogP contribution in [0.3, 0.4) is 0 Å². The van der Waals surface area contributed by atoms with Crippen molar-refractivity contribution in [2.24, 2.45) is 0 Å². The fourth-order valence-electron chi connectivity index (χ4n) is 1.81. The topological polar surface area (TPSA) is 70.2 Å². The standard InChI is InChI=1S/C15H21N5OS/c1-4-5-10-20(3)15-19-18-14(22-15)17-13(21)16-12-8-6-11(2)7-9-12/h6-9H,4-5,10H2,1-3H3,(H2,16,17,18,21). The summed E-state index contributed by atoms with van der Waals surface area (Å²) in [6, 6.07) is 7.29. The Bertz CT molecular complexity index is 611. The lowest BCUT2D eigenvalue weighted by molar-refractivity contribution is 0.262. The molecule has 0 spiro atoms. The minimum Gasteiger partial charge on any atom is -0.350 e. The second kappa shape index (κ2) is 7.74. The van der Waals surface area contributed by atoms with E-state index < -0.39 is 0 Å². The number of aryl methyl sites for hydroxylation is 1. The van der Waals surface area contributed by atoms with Gasteiger partial charge in [0.1, 0.15) is 0 Å². The molecule has 22 heavy (non-hydrogen) atoms. The van der Waals surface area contributed by atoms with Gasteiger partial charge in [-0.3, -0.25) is 5.32 Å². The average molecular weight is 319 g/mol. The fraction of sp³-hybridized carbons (Fsp3) is 0.400. The number of carbonyl (C=O) groups is 1. The summed E-state index contributed by atoms with van der Waals surface area (Å²) in [7, 11) is 1.98. The smallest absolute Gasteiger partial charge is 0.325 e. The largest absolute Gasteiger partial charge is 0.350 e. The molecule has 0 aliphatic heterocycles. The van der Waals surface area contributed by atoms with Crippen LogP contribution in [-0.2, 0) is 0 Å². The molecule has 0 aliphatic rings. The summed E-state index contributed by atoms with van der Waals surface area (Å²) in [5.74, 6) is 0. The van der Waals surface area contributed by atoms with E-state index >= 15 is 0 Å². The van der Waals surface area contributed by atoms with E-state index in [1.807, 2.05) is 43.1 Å². The van der Waals surface area contributed by atoms with E-state index in [1.54, 1.807) is 0 Å². The van der Waals surface area contributed by atoms with E-state index in [4.69, 9.17) is 0 Å². The Balaban J connectivity index is 1.89. The molecule has 1 aromatic heterocycles. The maximum absolute atomic E-state index is 11.9. The highest BCUT2D eigenvalue weighted by molar-refractivity contribution is 7.19. The van der Waals surface area contributed by atoms with Gasteiger partial charge in [0.05, 0.1) is 0 Å². The average Bonchev–Trinajstić information content (AvgIpc) is 2.95. The van der Waals surface area contributed by atoms with Crippen molar-refractivity contribution in [1.82, 2.24) is 10.2 Å². The van der Waals surface area contributed by atoms with Crippen LogP contribution in [0.5, 0.6) is 0 Å². The first-order valence-corrected chi connectivity index (χ1v) is 8.09. The molecule has 0 saturated carbocycles. The normalized spacial score (nSPS) is 10.3. The first kappa shape index (κ1) is 16.2. The Kier molecular flexibility index (Phi) is 5.71. The SMILES string of the molecule is CCCCN(C)c1nnc(NC(=O)Nc2ccc(C)cc2)s1. The first-order valence-electron chi connectivity index (χ1n) is 7.28. The van der Waals surface area contributed by atoms with Crippen LogP contribution >= 0.6 is 11.3 Å². The molecule has 0 atom stereocenters. The summed E-state index contributed by atoms with van der Waals surface area (Å²) in [6.45, 7) is 5.08. The van der Waals surface area contributed by atoms with Crippen LogP contribution in [0.4, 0.5) is 20.7 Å². The fourth-order valence-corrected chi connectivity index (χ4v) is 2.53. The van der Waals surface area contributed by atoms with E-state index in [-0.39, 0.29) is 6.03 Å². The summed E-state index contributed by atoms with van der Waals surface area (Å²) in [6.07, 6.45) is 2.24. The number of nitrogens with zero attached hydrogens (tertiary/aromatic N) is 3. The highest BCUT2D eigenvalue weighted by atomic mass is 32.1. The van der Waals surface area contributed by atoms with Gasteiger partial charge in [-0.05, 0) is 25.5 Å². The number of aromatic nitrogens is 2. The number of carbonyl (C=O) groups excluding carboxylic acids is 1. The predicted octanol–water partition coefficient (Wildman–Crippen LogP) is 3.73. The molecule has 0 aliphatic carbocycles. The number of anilines is 3. The highest BCUT2D eigenvalue weighted by Gasteiger charge is 2.11. The highest BCUT2D eigenvalue weighted by Crippen LogP contribution is 2.23. The van der Waals surface area contributed by atoms with E-state index in [0.29, 0.717) is 5.13 Å². The lowest BCUT2D eigenvalue weighted by atomic mass is 10.2. The monoisotopic (exact) mass is 319 g/mol. The lowest BCUT2D eigenvalue weighted by Crippen LogP contribution is -2.19. The molecule has 7 heteroatoms. The van der Waals surface area contributed by atoms with Crippen LogP contribution in [0.1, 0.15) is 25.3 Å². The zero-order valence-electron chi connectivity index (χ0n) is 13.1. The minimum absolute atomic E-state index is 0.317. The summed E-state index contributed by atoms with van der Waals surface area (Å²) in [5.41, 5.74) is 1.89. The molecular weight excluding hydrogens is 298 g/mol. The Morgan fingerprint density at radius 3 is 2.64 bits per heavy atom. The maximum atomic E-state index is 11.9. The molecule has 0 saturated heterocycles. The number of hydrogen-bond donors (Lipinski definition) is 2. The van der Waals surface area contributed by atoms with E-state index in [1.165, 1.54) is 11.3 Å². The zero-order valence-corrected chi connectivity index (χ0v) is 13.9. The lowest BCUT2D eigenvalue weighted by Gasteiger charge is -2.13. The Morgan fingerprint density at radius 2 is 1.95 bits per heavy atom. The summed E-state index contributed by atoms with van der Waals surface area (Å²) in [4.78, 5) is 14.0. The number of nitrogens with one attached hydrogen (secondary N) is 2. The summed E-state index contributed by atoms with van der Waals surface area (Å²) < 4.78 is 0. The molecular formula is C15H21N5OS. The molecule has 0 unspecified atom stereocenters. The van der Waals surface area contributed by atoms with Gasteiger partial charge >= 0.3 is 6.03 Å². The summed E-state index contributed by atoms with van der Waals surface area (Å²) in [5, 5.41) is 14.9. The third-order valence-electron chi connectivity index (χ3n) is 3.12. The van der Waals surface area contributed by atoms with Gasteiger partial charge in [0.2, 0.25) is 10.3 Å². The van der Waals surface area contributed by atoms with Crippen molar-refractivity contribution in [2.45, 2.75) is 26.7 Å². The quantitative estimate of drug-likeness (QED) is 0.851.